The van der Waals surface area contributed by atoms with E-state index in [4.69, 9.17) is 10.2 Å². The standard InChI is InChI=1S/C17H24F4N2.C4H4O4/c1-12(2)10-23(16-3-5-22-6-4-16)11-13-7-14(17(19,20)21)9-15(18)8-13;5-3(6)1-2-4(7)8/h7-9,12,16,22H,3-6,10-11H2,1-2H3;1-2H,(H,5,6)(H,7,8). The summed E-state index contributed by atoms with van der Waals surface area (Å²) in [6, 6.07) is 3.17. The van der Waals surface area contributed by atoms with Crippen LogP contribution in [0.15, 0.2) is 30.4 Å². The molecule has 1 fully saturated rings. The SMILES string of the molecule is CC(C)CN(Cc1cc(F)cc(C(F)(F)F)c1)C1CCNCC1.O=C(O)C=CC(=O)O. The molecule has 0 aromatic heterocycles. The van der Waals surface area contributed by atoms with Crippen LogP contribution in [0.3, 0.4) is 0 Å². The zero-order chi connectivity index (χ0) is 23.6. The van der Waals surface area contributed by atoms with Crippen LogP contribution in [0, 0.1) is 11.7 Å². The summed E-state index contributed by atoms with van der Waals surface area (Å²) in [5.41, 5.74) is -0.529. The molecular formula is C21H28F4N2O4. The van der Waals surface area contributed by atoms with Gasteiger partial charge in [0, 0.05) is 31.3 Å². The van der Waals surface area contributed by atoms with E-state index in [0.717, 1.165) is 38.5 Å². The third-order valence-electron chi connectivity index (χ3n) is 4.46. The van der Waals surface area contributed by atoms with Gasteiger partial charge in [-0.25, -0.2) is 14.0 Å². The molecule has 31 heavy (non-hydrogen) atoms. The second kappa shape index (κ2) is 12.4. The van der Waals surface area contributed by atoms with Gasteiger partial charge in [-0.3, -0.25) is 4.90 Å². The minimum absolute atomic E-state index is 0.330. The van der Waals surface area contributed by atoms with Crippen LogP contribution in [-0.2, 0) is 22.3 Å². The molecule has 3 N–H and O–H groups in total. The lowest BCUT2D eigenvalue weighted by atomic mass is 10.0. The van der Waals surface area contributed by atoms with Crippen LogP contribution in [0.5, 0.6) is 0 Å². The zero-order valence-corrected chi connectivity index (χ0v) is 17.5. The average Bonchev–Trinajstić information content (AvgIpc) is 2.65. The Morgan fingerprint density at radius 1 is 1.13 bits per heavy atom. The van der Waals surface area contributed by atoms with E-state index in [1.54, 1.807) is 0 Å². The van der Waals surface area contributed by atoms with Crippen molar-refractivity contribution in [3.05, 3.63) is 47.3 Å². The number of hydrogen-bond donors (Lipinski definition) is 3. The highest BCUT2D eigenvalue weighted by Crippen LogP contribution is 2.31. The summed E-state index contributed by atoms with van der Waals surface area (Å²) >= 11 is 0. The van der Waals surface area contributed by atoms with Gasteiger partial charge >= 0.3 is 18.1 Å². The highest BCUT2D eigenvalue weighted by molar-refractivity contribution is 5.89. The summed E-state index contributed by atoms with van der Waals surface area (Å²) in [7, 11) is 0. The van der Waals surface area contributed by atoms with E-state index < -0.39 is 29.5 Å². The Balaban J connectivity index is 0.000000512. The van der Waals surface area contributed by atoms with E-state index in [0.29, 0.717) is 42.3 Å². The summed E-state index contributed by atoms with van der Waals surface area (Å²) in [5, 5.41) is 18.9. The number of carboxylic acid groups (broad SMARTS) is 2. The van der Waals surface area contributed by atoms with E-state index >= 15 is 0 Å². The molecule has 0 aliphatic carbocycles. The van der Waals surface area contributed by atoms with Crippen LogP contribution < -0.4 is 5.32 Å². The zero-order valence-electron chi connectivity index (χ0n) is 17.5. The Bertz CT molecular complexity index is 744. The molecule has 1 aromatic carbocycles. The maximum absolute atomic E-state index is 13.6. The quantitative estimate of drug-likeness (QED) is 0.435. The van der Waals surface area contributed by atoms with Crippen molar-refractivity contribution < 1.29 is 37.4 Å². The first-order valence-electron chi connectivity index (χ1n) is 9.83. The molecule has 0 radical (unpaired) electrons. The number of carbonyl (C=O) groups is 2. The number of halogens is 4. The Kier molecular flexibility index (Phi) is 10.6. The van der Waals surface area contributed by atoms with E-state index in [-0.39, 0.29) is 0 Å². The maximum Gasteiger partial charge on any atom is 0.416 e. The highest BCUT2D eigenvalue weighted by atomic mass is 19.4. The van der Waals surface area contributed by atoms with E-state index in [1.165, 1.54) is 6.07 Å². The summed E-state index contributed by atoms with van der Waals surface area (Å²) in [6.07, 6.45) is -1.47. The van der Waals surface area contributed by atoms with Crippen LogP contribution >= 0.6 is 0 Å². The first kappa shape index (κ1) is 26.6. The van der Waals surface area contributed by atoms with Gasteiger partial charge in [0.25, 0.3) is 0 Å². The predicted molar refractivity (Wildman–Crippen MR) is 107 cm³/mol. The Morgan fingerprint density at radius 3 is 2.13 bits per heavy atom. The molecule has 6 nitrogen and oxygen atoms in total. The summed E-state index contributed by atoms with van der Waals surface area (Å²) < 4.78 is 52.2. The molecule has 0 amide bonds. The van der Waals surface area contributed by atoms with Crippen molar-refractivity contribution in [1.29, 1.82) is 0 Å². The minimum atomic E-state index is -4.52. The number of rotatable bonds is 7. The number of benzene rings is 1. The predicted octanol–water partition coefficient (Wildman–Crippen LogP) is 3.77. The molecule has 1 aliphatic heterocycles. The summed E-state index contributed by atoms with van der Waals surface area (Å²) in [5.74, 6) is -2.94. The van der Waals surface area contributed by atoms with Crippen molar-refractivity contribution in [3.63, 3.8) is 0 Å². The summed E-state index contributed by atoms with van der Waals surface area (Å²) in [6.45, 7) is 7.14. The van der Waals surface area contributed by atoms with Crippen LogP contribution in [0.1, 0.15) is 37.8 Å². The van der Waals surface area contributed by atoms with Gasteiger partial charge < -0.3 is 15.5 Å². The second-order valence-corrected chi connectivity index (χ2v) is 7.66. The molecule has 1 saturated heterocycles. The van der Waals surface area contributed by atoms with Crippen molar-refractivity contribution in [2.75, 3.05) is 19.6 Å². The van der Waals surface area contributed by atoms with Crippen molar-refractivity contribution in [3.8, 4) is 0 Å². The topological polar surface area (TPSA) is 89.9 Å². The van der Waals surface area contributed by atoms with Gasteiger partial charge in [0.15, 0.2) is 0 Å². The molecule has 1 heterocycles. The van der Waals surface area contributed by atoms with Gasteiger partial charge in [-0.15, -0.1) is 0 Å². The van der Waals surface area contributed by atoms with Crippen molar-refractivity contribution in [1.82, 2.24) is 10.2 Å². The number of hydrogen-bond acceptors (Lipinski definition) is 4. The molecule has 1 aliphatic rings. The van der Waals surface area contributed by atoms with Gasteiger partial charge in [-0.2, -0.15) is 13.2 Å². The Labute approximate surface area is 178 Å². The molecule has 0 saturated carbocycles. The van der Waals surface area contributed by atoms with Gasteiger partial charge in [-0.1, -0.05) is 13.8 Å². The monoisotopic (exact) mass is 448 g/mol. The fraction of sp³-hybridized carbons (Fsp3) is 0.524. The Hall–Kier alpha value is -2.46. The fourth-order valence-corrected chi connectivity index (χ4v) is 3.27. The summed E-state index contributed by atoms with van der Waals surface area (Å²) in [4.78, 5) is 21.3. The van der Waals surface area contributed by atoms with Crippen LogP contribution in [0.4, 0.5) is 17.6 Å². The second-order valence-electron chi connectivity index (χ2n) is 7.66. The molecule has 10 heteroatoms. The van der Waals surface area contributed by atoms with Gasteiger partial charge in [-0.05, 0) is 55.6 Å². The fourth-order valence-electron chi connectivity index (χ4n) is 3.27. The lowest BCUT2D eigenvalue weighted by Crippen LogP contribution is -2.44. The lowest BCUT2D eigenvalue weighted by molar-refractivity contribution is -0.138. The number of aliphatic carboxylic acids is 2. The molecule has 174 valence electrons. The number of piperidine rings is 1. The minimum Gasteiger partial charge on any atom is -0.478 e. The Morgan fingerprint density at radius 2 is 1.68 bits per heavy atom. The number of carboxylic acids is 2. The van der Waals surface area contributed by atoms with Crippen molar-refractivity contribution in [2.45, 2.75) is 45.5 Å². The molecule has 0 bridgehead atoms. The van der Waals surface area contributed by atoms with Crippen LogP contribution in [0.2, 0.25) is 0 Å². The lowest BCUT2D eigenvalue weighted by Gasteiger charge is -2.36. The average molecular weight is 448 g/mol. The van der Waals surface area contributed by atoms with Crippen molar-refractivity contribution in [2.24, 2.45) is 5.92 Å². The maximum atomic E-state index is 13.6. The smallest absolute Gasteiger partial charge is 0.416 e. The number of nitrogens with one attached hydrogen (secondary N) is 1. The number of alkyl halides is 3. The van der Waals surface area contributed by atoms with Crippen molar-refractivity contribution >= 4 is 11.9 Å². The molecular weight excluding hydrogens is 420 g/mol. The first-order valence-corrected chi connectivity index (χ1v) is 9.83. The van der Waals surface area contributed by atoms with Gasteiger partial charge in [0.1, 0.15) is 5.82 Å². The third kappa shape index (κ3) is 10.9. The molecule has 1 aromatic rings. The molecule has 2 rings (SSSR count). The van der Waals surface area contributed by atoms with E-state index in [1.807, 2.05) is 0 Å². The van der Waals surface area contributed by atoms with E-state index in [9.17, 15) is 27.2 Å². The molecule has 0 spiro atoms. The first-order chi connectivity index (χ1) is 14.4. The number of nitrogens with zero attached hydrogens (tertiary/aromatic N) is 1. The van der Waals surface area contributed by atoms with Crippen LogP contribution in [-0.4, -0.2) is 52.7 Å². The van der Waals surface area contributed by atoms with Crippen LogP contribution in [0.25, 0.3) is 0 Å². The van der Waals surface area contributed by atoms with E-state index in [2.05, 4.69) is 24.1 Å². The molecule has 0 atom stereocenters. The van der Waals surface area contributed by atoms with Gasteiger partial charge in [0.2, 0.25) is 0 Å². The van der Waals surface area contributed by atoms with Gasteiger partial charge in [0.05, 0.1) is 5.56 Å². The highest BCUT2D eigenvalue weighted by Gasteiger charge is 2.32. The largest absolute Gasteiger partial charge is 0.478 e. The third-order valence-corrected chi connectivity index (χ3v) is 4.46. The normalized spacial score (nSPS) is 15.2. The molecule has 0 unspecified atom stereocenters.